The van der Waals surface area contributed by atoms with Crippen LogP contribution < -0.4 is 10.1 Å². The van der Waals surface area contributed by atoms with E-state index in [2.05, 4.69) is 15.5 Å². The second kappa shape index (κ2) is 11.4. The molecule has 31 heavy (non-hydrogen) atoms. The summed E-state index contributed by atoms with van der Waals surface area (Å²) in [4.78, 5) is 12.3. The summed E-state index contributed by atoms with van der Waals surface area (Å²) in [6.45, 7) is 5.23. The molecule has 9 heteroatoms. The number of ether oxygens (including phenoxy) is 1. The minimum absolute atomic E-state index is 0.0697. The molecule has 0 radical (unpaired) electrons. The molecule has 0 atom stereocenters. The lowest BCUT2D eigenvalue weighted by molar-refractivity contribution is -0.113. The summed E-state index contributed by atoms with van der Waals surface area (Å²) in [6, 6.07) is 12.9. The molecule has 0 saturated carbocycles. The highest BCUT2D eigenvalue weighted by molar-refractivity contribution is 7.99. The second-order valence-corrected chi connectivity index (χ2v) is 8.61. The third kappa shape index (κ3) is 6.63. The molecule has 6 nitrogen and oxygen atoms in total. The molecule has 3 rings (SSSR count). The first-order chi connectivity index (χ1) is 15.0. The highest BCUT2D eigenvalue weighted by atomic mass is 35.5. The van der Waals surface area contributed by atoms with Gasteiger partial charge in [-0.3, -0.25) is 4.79 Å². The van der Waals surface area contributed by atoms with Crippen LogP contribution in [0.4, 0.5) is 5.69 Å². The molecule has 0 bridgehead atoms. The molecule has 0 unspecified atom stereocenters. The number of nitrogens with zero attached hydrogens (tertiary/aromatic N) is 3. The number of aromatic nitrogens is 3. The van der Waals surface area contributed by atoms with Crippen molar-refractivity contribution in [3.8, 4) is 5.75 Å². The summed E-state index contributed by atoms with van der Waals surface area (Å²) in [6.07, 6.45) is 1.47. The Labute approximate surface area is 196 Å². The maximum Gasteiger partial charge on any atom is 0.234 e. The van der Waals surface area contributed by atoms with Crippen molar-refractivity contribution in [1.82, 2.24) is 14.8 Å². The van der Waals surface area contributed by atoms with Crippen molar-refractivity contribution < 1.29 is 9.53 Å². The molecule has 1 N–H and O–H groups in total. The maximum atomic E-state index is 12.3. The summed E-state index contributed by atoms with van der Waals surface area (Å²) >= 11 is 13.4. The summed E-state index contributed by atoms with van der Waals surface area (Å²) in [7, 11) is 0. The number of amides is 1. The van der Waals surface area contributed by atoms with E-state index in [0.29, 0.717) is 28.8 Å². The maximum absolute atomic E-state index is 12.3. The van der Waals surface area contributed by atoms with Crippen LogP contribution in [-0.2, 0) is 17.8 Å². The van der Waals surface area contributed by atoms with Crippen molar-refractivity contribution in [2.75, 3.05) is 17.7 Å². The van der Waals surface area contributed by atoms with Gasteiger partial charge in [0.15, 0.2) is 5.16 Å². The van der Waals surface area contributed by atoms with Crippen LogP contribution in [0.15, 0.2) is 47.6 Å². The van der Waals surface area contributed by atoms with Crippen LogP contribution in [0.5, 0.6) is 5.75 Å². The molecule has 1 amide bonds. The van der Waals surface area contributed by atoms with E-state index in [9.17, 15) is 4.79 Å². The number of thioether (sulfide) groups is 1. The number of nitrogens with one attached hydrogen (secondary N) is 1. The Morgan fingerprint density at radius 2 is 2.00 bits per heavy atom. The Morgan fingerprint density at radius 1 is 1.19 bits per heavy atom. The van der Waals surface area contributed by atoms with Gasteiger partial charge in [-0.05, 0) is 50.1 Å². The van der Waals surface area contributed by atoms with Gasteiger partial charge in [-0.1, -0.05) is 53.2 Å². The lowest BCUT2D eigenvalue weighted by Crippen LogP contribution is -2.15. The second-order valence-electron chi connectivity index (χ2n) is 6.82. The smallest absolute Gasteiger partial charge is 0.234 e. The number of aryl methyl sites for hydroxylation is 2. The fraction of sp³-hybridized carbons (Fsp3) is 0.318. The van der Waals surface area contributed by atoms with Gasteiger partial charge in [0.05, 0.1) is 17.4 Å². The van der Waals surface area contributed by atoms with Crippen molar-refractivity contribution in [3.63, 3.8) is 0 Å². The van der Waals surface area contributed by atoms with Crippen molar-refractivity contribution in [2.45, 2.75) is 38.4 Å². The minimum Gasteiger partial charge on any atom is -0.492 e. The van der Waals surface area contributed by atoms with Gasteiger partial charge >= 0.3 is 0 Å². The van der Waals surface area contributed by atoms with Crippen molar-refractivity contribution in [1.29, 1.82) is 0 Å². The fourth-order valence-electron chi connectivity index (χ4n) is 2.96. The SMILES string of the molecule is CCn1c(CCCOc2ccc(Cl)cc2Cl)nnc1SCC(=O)Nc1ccccc1C. The van der Waals surface area contributed by atoms with Gasteiger partial charge in [0.25, 0.3) is 0 Å². The van der Waals surface area contributed by atoms with Crippen molar-refractivity contribution in [3.05, 3.63) is 63.9 Å². The van der Waals surface area contributed by atoms with Gasteiger partial charge in [0.1, 0.15) is 11.6 Å². The van der Waals surface area contributed by atoms with Gasteiger partial charge in [-0.25, -0.2) is 0 Å². The quantitative estimate of drug-likeness (QED) is 0.300. The monoisotopic (exact) mass is 478 g/mol. The van der Waals surface area contributed by atoms with Crippen LogP contribution in [0.1, 0.15) is 24.7 Å². The van der Waals surface area contributed by atoms with Crippen LogP contribution in [-0.4, -0.2) is 33.0 Å². The fourth-order valence-corrected chi connectivity index (χ4v) is 4.25. The van der Waals surface area contributed by atoms with Crippen LogP contribution in [0.3, 0.4) is 0 Å². The molecule has 3 aromatic rings. The molecule has 0 saturated heterocycles. The zero-order valence-electron chi connectivity index (χ0n) is 17.4. The Hall–Kier alpha value is -2.22. The number of hydrogen-bond donors (Lipinski definition) is 1. The van der Waals surface area contributed by atoms with E-state index in [0.717, 1.165) is 35.2 Å². The van der Waals surface area contributed by atoms with Crippen LogP contribution in [0.2, 0.25) is 10.0 Å². The molecule has 0 aliphatic rings. The molecule has 0 fully saturated rings. The van der Waals surface area contributed by atoms with E-state index in [-0.39, 0.29) is 11.7 Å². The summed E-state index contributed by atoms with van der Waals surface area (Å²) in [5.41, 5.74) is 1.86. The Bertz CT molecular complexity index is 1040. The predicted molar refractivity (Wildman–Crippen MR) is 127 cm³/mol. The molecule has 2 aromatic carbocycles. The van der Waals surface area contributed by atoms with E-state index in [1.165, 1.54) is 11.8 Å². The van der Waals surface area contributed by atoms with Gasteiger partial charge in [-0.2, -0.15) is 0 Å². The molecular formula is C22H24Cl2N4O2S. The van der Waals surface area contributed by atoms with E-state index in [1.807, 2.05) is 42.7 Å². The van der Waals surface area contributed by atoms with Gasteiger partial charge < -0.3 is 14.6 Å². The number of para-hydroxylation sites is 1. The van der Waals surface area contributed by atoms with Gasteiger partial charge in [-0.15, -0.1) is 10.2 Å². The highest BCUT2D eigenvalue weighted by Gasteiger charge is 2.14. The van der Waals surface area contributed by atoms with Crippen LogP contribution in [0, 0.1) is 6.92 Å². The van der Waals surface area contributed by atoms with E-state index >= 15 is 0 Å². The zero-order chi connectivity index (χ0) is 22.2. The Balaban J connectivity index is 1.49. The molecule has 1 aromatic heterocycles. The minimum atomic E-state index is -0.0697. The van der Waals surface area contributed by atoms with Gasteiger partial charge in [0.2, 0.25) is 5.91 Å². The number of carbonyl (C=O) groups excluding carboxylic acids is 1. The molecule has 164 valence electrons. The zero-order valence-corrected chi connectivity index (χ0v) is 19.7. The highest BCUT2D eigenvalue weighted by Crippen LogP contribution is 2.27. The lowest BCUT2D eigenvalue weighted by Gasteiger charge is -2.10. The molecule has 0 aliphatic heterocycles. The predicted octanol–water partition coefficient (Wildman–Crippen LogP) is 5.66. The molecule has 1 heterocycles. The number of anilines is 1. The van der Waals surface area contributed by atoms with Crippen LogP contribution in [0.25, 0.3) is 0 Å². The standard InChI is InChI=1S/C22H24Cl2N4O2S/c1-3-28-20(9-6-12-30-19-11-10-16(23)13-17(19)24)26-27-22(28)31-14-21(29)25-18-8-5-4-7-15(18)2/h4-5,7-8,10-11,13H,3,6,9,12,14H2,1-2H3,(H,25,29). The lowest BCUT2D eigenvalue weighted by atomic mass is 10.2. The largest absolute Gasteiger partial charge is 0.492 e. The number of halogens is 2. The van der Waals surface area contributed by atoms with E-state index in [1.54, 1.807) is 18.2 Å². The normalized spacial score (nSPS) is 10.8. The first-order valence-corrected chi connectivity index (χ1v) is 11.7. The third-order valence-electron chi connectivity index (χ3n) is 4.56. The van der Waals surface area contributed by atoms with Crippen LogP contribution >= 0.6 is 35.0 Å². The van der Waals surface area contributed by atoms with Gasteiger partial charge in [0, 0.05) is 23.7 Å². The Kier molecular flexibility index (Phi) is 8.63. The third-order valence-corrected chi connectivity index (χ3v) is 6.05. The van der Waals surface area contributed by atoms with Crippen molar-refractivity contribution >= 4 is 46.6 Å². The number of hydrogen-bond acceptors (Lipinski definition) is 5. The summed E-state index contributed by atoms with van der Waals surface area (Å²) in [5.74, 6) is 1.68. The number of benzene rings is 2. The van der Waals surface area contributed by atoms with E-state index in [4.69, 9.17) is 27.9 Å². The van der Waals surface area contributed by atoms with E-state index < -0.39 is 0 Å². The molecule has 0 aliphatic carbocycles. The topological polar surface area (TPSA) is 69.0 Å². The first kappa shape index (κ1) is 23.4. The molecule has 0 spiro atoms. The average molecular weight is 479 g/mol. The summed E-state index contributed by atoms with van der Waals surface area (Å²) < 4.78 is 7.76. The Morgan fingerprint density at radius 3 is 2.74 bits per heavy atom. The number of carbonyl (C=O) groups is 1. The average Bonchev–Trinajstić information content (AvgIpc) is 3.14. The molecular weight excluding hydrogens is 455 g/mol. The van der Waals surface area contributed by atoms with Crippen molar-refractivity contribution in [2.24, 2.45) is 0 Å². The summed E-state index contributed by atoms with van der Waals surface area (Å²) in [5, 5.41) is 13.3. The first-order valence-electron chi connectivity index (χ1n) is 9.96. The number of rotatable bonds is 10.